The third kappa shape index (κ3) is 4.59. The fourth-order valence-corrected chi connectivity index (χ4v) is 5.31. The van der Waals surface area contributed by atoms with Crippen molar-refractivity contribution < 1.29 is 19.1 Å². The van der Waals surface area contributed by atoms with Crippen LogP contribution in [0.4, 0.5) is 5.13 Å². The standard InChI is InChI=1S/C26H25N3O4S/c1-32-16-12-13-21-22(14-16)34-26(28-21)29-23(30)15-33-25(31)24-17-8-4-2-3-5-10-19(17)27-20-11-7-6-9-18(20)24/h6-7,9,11-14H,2-5,8,10,15H2,1H3,(H,28,29,30). The Morgan fingerprint density at radius 3 is 2.68 bits per heavy atom. The molecule has 174 valence electrons. The highest BCUT2D eigenvalue weighted by molar-refractivity contribution is 7.22. The van der Waals surface area contributed by atoms with E-state index >= 15 is 0 Å². The van der Waals surface area contributed by atoms with Crippen LogP contribution in [0.2, 0.25) is 0 Å². The number of pyridine rings is 1. The summed E-state index contributed by atoms with van der Waals surface area (Å²) in [5.74, 6) is -0.192. The Morgan fingerprint density at radius 2 is 1.82 bits per heavy atom. The summed E-state index contributed by atoms with van der Waals surface area (Å²) in [5.41, 5.74) is 4.02. The average molecular weight is 476 g/mol. The first kappa shape index (κ1) is 22.3. The summed E-state index contributed by atoms with van der Waals surface area (Å²) in [6, 6.07) is 13.1. The Balaban J connectivity index is 1.34. The minimum Gasteiger partial charge on any atom is -0.497 e. The van der Waals surface area contributed by atoms with Gasteiger partial charge in [0.05, 0.1) is 28.4 Å². The first-order valence-corrected chi connectivity index (χ1v) is 12.3. The number of aromatic nitrogens is 2. The highest BCUT2D eigenvalue weighted by Gasteiger charge is 2.23. The molecule has 2 aromatic heterocycles. The van der Waals surface area contributed by atoms with E-state index < -0.39 is 11.9 Å². The summed E-state index contributed by atoms with van der Waals surface area (Å²) in [5, 5.41) is 3.95. The summed E-state index contributed by atoms with van der Waals surface area (Å²) >= 11 is 1.34. The van der Waals surface area contributed by atoms with Gasteiger partial charge < -0.3 is 9.47 Å². The molecular formula is C26H25N3O4S. The van der Waals surface area contributed by atoms with Gasteiger partial charge >= 0.3 is 5.97 Å². The van der Waals surface area contributed by atoms with Gasteiger partial charge in [0.25, 0.3) is 5.91 Å². The lowest BCUT2D eigenvalue weighted by molar-refractivity contribution is -0.119. The van der Waals surface area contributed by atoms with Crippen LogP contribution in [0, 0.1) is 0 Å². The number of methoxy groups -OCH3 is 1. The van der Waals surface area contributed by atoms with Crippen LogP contribution in [-0.2, 0) is 22.4 Å². The Labute approximate surface area is 201 Å². The van der Waals surface area contributed by atoms with Crippen molar-refractivity contribution in [2.24, 2.45) is 0 Å². The van der Waals surface area contributed by atoms with Crippen molar-refractivity contribution in [3.8, 4) is 5.75 Å². The van der Waals surface area contributed by atoms with Crippen molar-refractivity contribution >= 4 is 49.5 Å². The number of esters is 1. The Morgan fingerprint density at radius 1 is 1.00 bits per heavy atom. The topological polar surface area (TPSA) is 90.4 Å². The van der Waals surface area contributed by atoms with Crippen LogP contribution in [0.25, 0.3) is 21.1 Å². The van der Waals surface area contributed by atoms with Crippen molar-refractivity contribution in [1.82, 2.24) is 9.97 Å². The summed E-state index contributed by atoms with van der Waals surface area (Å²) in [6.45, 7) is -0.385. The second-order valence-corrected chi connectivity index (χ2v) is 9.35. The number of anilines is 1. The molecule has 1 aliphatic rings. The molecular weight excluding hydrogens is 450 g/mol. The molecule has 1 N–H and O–H groups in total. The van der Waals surface area contributed by atoms with E-state index in [0.717, 1.165) is 70.2 Å². The fraction of sp³-hybridized carbons (Fsp3) is 0.308. The molecule has 0 bridgehead atoms. The van der Waals surface area contributed by atoms with Gasteiger partial charge in [0, 0.05) is 11.1 Å². The van der Waals surface area contributed by atoms with Crippen LogP contribution in [0.3, 0.4) is 0 Å². The molecule has 2 aromatic carbocycles. The molecule has 2 heterocycles. The van der Waals surface area contributed by atoms with E-state index in [0.29, 0.717) is 10.7 Å². The number of carbonyl (C=O) groups excluding carboxylic acids is 2. The number of thiazole rings is 1. The maximum Gasteiger partial charge on any atom is 0.339 e. The molecule has 0 aliphatic heterocycles. The number of fused-ring (bicyclic) bond motifs is 3. The number of aryl methyl sites for hydroxylation is 1. The first-order chi connectivity index (χ1) is 16.6. The normalized spacial score (nSPS) is 13.7. The number of ether oxygens (including phenoxy) is 2. The first-order valence-electron chi connectivity index (χ1n) is 11.4. The molecule has 0 unspecified atom stereocenters. The van der Waals surface area contributed by atoms with Crippen molar-refractivity contribution in [2.75, 3.05) is 19.0 Å². The maximum absolute atomic E-state index is 13.2. The monoisotopic (exact) mass is 475 g/mol. The molecule has 0 saturated carbocycles. The Kier molecular flexibility index (Phi) is 6.40. The molecule has 34 heavy (non-hydrogen) atoms. The minimum absolute atomic E-state index is 0.385. The highest BCUT2D eigenvalue weighted by Crippen LogP contribution is 2.30. The van der Waals surface area contributed by atoms with E-state index in [9.17, 15) is 9.59 Å². The van der Waals surface area contributed by atoms with Gasteiger partial charge in [-0.05, 0) is 55.5 Å². The molecule has 4 aromatic rings. The van der Waals surface area contributed by atoms with E-state index in [1.54, 1.807) is 7.11 Å². The highest BCUT2D eigenvalue weighted by atomic mass is 32.1. The minimum atomic E-state index is -0.486. The zero-order chi connectivity index (χ0) is 23.5. The largest absolute Gasteiger partial charge is 0.497 e. The predicted octanol–water partition coefficient (Wildman–Crippen LogP) is 5.31. The van der Waals surface area contributed by atoms with Crippen LogP contribution < -0.4 is 10.1 Å². The molecule has 0 fully saturated rings. The third-order valence-electron chi connectivity index (χ3n) is 6.05. The molecule has 1 amide bonds. The molecule has 7 nitrogen and oxygen atoms in total. The second-order valence-electron chi connectivity index (χ2n) is 8.32. The van der Waals surface area contributed by atoms with E-state index in [-0.39, 0.29) is 6.61 Å². The van der Waals surface area contributed by atoms with Gasteiger partial charge in [-0.3, -0.25) is 15.1 Å². The number of para-hydroxylation sites is 1. The number of hydrogen-bond acceptors (Lipinski definition) is 7. The van der Waals surface area contributed by atoms with Gasteiger partial charge in [0.2, 0.25) is 0 Å². The van der Waals surface area contributed by atoms with Crippen molar-refractivity contribution in [2.45, 2.75) is 38.5 Å². The van der Waals surface area contributed by atoms with Gasteiger partial charge in [0.15, 0.2) is 11.7 Å². The van der Waals surface area contributed by atoms with E-state index in [1.165, 1.54) is 17.8 Å². The summed E-state index contributed by atoms with van der Waals surface area (Å²) in [7, 11) is 1.60. The molecule has 0 radical (unpaired) electrons. The lowest BCUT2D eigenvalue weighted by Gasteiger charge is -2.18. The Hall–Kier alpha value is -3.52. The van der Waals surface area contributed by atoms with Gasteiger partial charge in [-0.2, -0.15) is 0 Å². The van der Waals surface area contributed by atoms with Crippen molar-refractivity contribution in [1.29, 1.82) is 0 Å². The van der Waals surface area contributed by atoms with Crippen molar-refractivity contribution in [3.63, 3.8) is 0 Å². The van der Waals surface area contributed by atoms with Crippen LogP contribution in [0.5, 0.6) is 5.75 Å². The van der Waals surface area contributed by atoms with Gasteiger partial charge in [-0.15, -0.1) is 0 Å². The molecule has 0 atom stereocenters. The van der Waals surface area contributed by atoms with Crippen LogP contribution in [-0.4, -0.2) is 35.6 Å². The number of amides is 1. The van der Waals surface area contributed by atoms with Crippen LogP contribution >= 0.6 is 11.3 Å². The number of benzene rings is 2. The fourth-order valence-electron chi connectivity index (χ4n) is 4.40. The lowest BCUT2D eigenvalue weighted by Crippen LogP contribution is -2.22. The second kappa shape index (κ2) is 9.77. The zero-order valence-corrected chi connectivity index (χ0v) is 19.7. The van der Waals surface area contributed by atoms with E-state index in [2.05, 4.69) is 10.3 Å². The quantitative estimate of drug-likeness (QED) is 0.394. The number of hydrogen-bond donors (Lipinski definition) is 1. The SMILES string of the molecule is COc1ccc2nc(NC(=O)COC(=O)c3c4c(nc5ccccc35)CCCCCC4)sc2c1. The van der Waals surface area contributed by atoms with E-state index in [1.807, 2.05) is 42.5 Å². The summed E-state index contributed by atoms with van der Waals surface area (Å²) in [4.78, 5) is 35.0. The lowest BCUT2D eigenvalue weighted by atomic mass is 9.91. The molecule has 0 saturated heterocycles. The van der Waals surface area contributed by atoms with Crippen LogP contribution in [0.1, 0.15) is 47.3 Å². The molecule has 5 rings (SSSR count). The zero-order valence-electron chi connectivity index (χ0n) is 18.9. The molecule has 1 aliphatic carbocycles. The van der Waals surface area contributed by atoms with Gasteiger partial charge in [-0.1, -0.05) is 42.4 Å². The number of rotatable bonds is 5. The third-order valence-corrected chi connectivity index (χ3v) is 6.98. The van der Waals surface area contributed by atoms with Crippen molar-refractivity contribution in [3.05, 3.63) is 59.3 Å². The predicted molar refractivity (Wildman–Crippen MR) is 133 cm³/mol. The average Bonchev–Trinajstić information content (AvgIpc) is 3.23. The van der Waals surface area contributed by atoms with Gasteiger partial charge in [0.1, 0.15) is 5.75 Å². The summed E-state index contributed by atoms with van der Waals surface area (Å²) < 4.78 is 11.6. The van der Waals surface area contributed by atoms with Crippen LogP contribution in [0.15, 0.2) is 42.5 Å². The molecule has 0 spiro atoms. The molecule has 8 heteroatoms. The van der Waals surface area contributed by atoms with Gasteiger partial charge in [-0.25, -0.2) is 9.78 Å². The summed E-state index contributed by atoms with van der Waals surface area (Å²) in [6.07, 6.45) is 6.02. The number of nitrogens with one attached hydrogen (secondary N) is 1. The number of nitrogens with zero attached hydrogens (tertiary/aromatic N) is 2. The smallest absolute Gasteiger partial charge is 0.339 e. The Bertz CT molecular complexity index is 1380. The maximum atomic E-state index is 13.2. The number of carbonyl (C=O) groups is 2. The van der Waals surface area contributed by atoms with E-state index in [4.69, 9.17) is 14.5 Å².